The Labute approximate surface area is 230 Å². The van der Waals surface area contributed by atoms with E-state index in [0.29, 0.717) is 0 Å². The van der Waals surface area contributed by atoms with Crippen LogP contribution in [0.4, 0.5) is 0 Å². The minimum atomic E-state index is -1.58. The lowest BCUT2D eigenvalue weighted by molar-refractivity contribution is 1.31. The van der Waals surface area contributed by atoms with Crippen LogP contribution in [0, 0.1) is 6.92 Å². The molecule has 0 N–H and O–H groups in total. The Bertz CT molecular complexity index is 2010. The molecule has 0 fully saturated rings. The molecule has 0 spiro atoms. The molecule has 7 aromatic rings. The molecule has 0 aliphatic carbocycles. The number of aryl methyl sites for hydroxylation is 1. The van der Waals surface area contributed by atoms with Crippen molar-refractivity contribution < 1.29 is 0 Å². The maximum atomic E-state index is 5.23. The molecule has 5 aromatic carbocycles. The molecule has 0 aliphatic heterocycles. The highest BCUT2D eigenvalue weighted by molar-refractivity contribution is 6.90. The number of hydrogen-bond acceptors (Lipinski definition) is 2. The van der Waals surface area contributed by atoms with E-state index in [1.165, 1.54) is 65.0 Å². The minimum absolute atomic E-state index is 1.03. The Morgan fingerprint density at radius 1 is 0.436 bits per heavy atom. The molecule has 0 unspecified atom stereocenters. The topological polar surface area (TPSA) is 25.8 Å². The summed E-state index contributed by atoms with van der Waals surface area (Å²) in [4.78, 5) is 10.3. The second kappa shape index (κ2) is 8.86. The highest BCUT2D eigenvalue weighted by Crippen LogP contribution is 2.45. The van der Waals surface area contributed by atoms with Crippen LogP contribution in [0.3, 0.4) is 0 Å². The SMILES string of the molecule is Cc1cnc(-c2c3ccccc3c(-c3ncc([Si](C)(C)C)c4ccccc34)c3ccccc23)c2ccccc12. The van der Waals surface area contributed by atoms with Gasteiger partial charge in [0.2, 0.25) is 0 Å². The van der Waals surface area contributed by atoms with Gasteiger partial charge >= 0.3 is 0 Å². The van der Waals surface area contributed by atoms with Gasteiger partial charge in [0.05, 0.1) is 19.5 Å². The van der Waals surface area contributed by atoms with Crippen LogP contribution in [0.15, 0.2) is 109 Å². The minimum Gasteiger partial charge on any atom is -0.256 e. The van der Waals surface area contributed by atoms with Gasteiger partial charge in [-0.15, -0.1) is 0 Å². The number of fused-ring (bicyclic) bond motifs is 4. The van der Waals surface area contributed by atoms with E-state index >= 15 is 0 Å². The first-order chi connectivity index (χ1) is 18.9. The monoisotopic (exact) mass is 518 g/mol. The molecule has 2 heterocycles. The third-order valence-electron chi connectivity index (χ3n) is 8.00. The molecule has 39 heavy (non-hydrogen) atoms. The summed E-state index contributed by atoms with van der Waals surface area (Å²) < 4.78 is 0. The van der Waals surface area contributed by atoms with Crippen LogP contribution in [0.5, 0.6) is 0 Å². The molecule has 3 heteroatoms. The second-order valence-electron chi connectivity index (χ2n) is 11.5. The first-order valence-corrected chi connectivity index (χ1v) is 17.1. The van der Waals surface area contributed by atoms with Gasteiger partial charge in [0.25, 0.3) is 0 Å². The lowest BCUT2D eigenvalue weighted by Crippen LogP contribution is -2.38. The zero-order chi connectivity index (χ0) is 26.7. The Balaban J connectivity index is 1.66. The fourth-order valence-electron chi connectivity index (χ4n) is 6.16. The first kappa shape index (κ1) is 23.8. The van der Waals surface area contributed by atoms with Crippen molar-refractivity contribution in [2.24, 2.45) is 0 Å². The highest BCUT2D eigenvalue weighted by Gasteiger charge is 2.24. The van der Waals surface area contributed by atoms with Gasteiger partial charge in [-0.25, -0.2) is 0 Å². The molecule has 188 valence electrons. The van der Waals surface area contributed by atoms with Crippen molar-refractivity contribution in [3.05, 3.63) is 115 Å². The molecular weight excluding hydrogens is 488 g/mol. The molecule has 0 bridgehead atoms. The third kappa shape index (κ3) is 3.69. The molecular formula is C36H30N2Si. The number of nitrogens with zero attached hydrogens (tertiary/aromatic N) is 2. The van der Waals surface area contributed by atoms with Crippen LogP contribution in [0.25, 0.3) is 65.6 Å². The van der Waals surface area contributed by atoms with Gasteiger partial charge in [0.15, 0.2) is 0 Å². The summed E-state index contributed by atoms with van der Waals surface area (Å²) in [6, 6.07) is 35.0. The zero-order valence-corrected chi connectivity index (χ0v) is 23.8. The maximum absolute atomic E-state index is 5.23. The lowest BCUT2D eigenvalue weighted by atomic mass is 9.86. The summed E-state index contributed by atoms with van der Waals surface area (Å²) in [7, 11) is -1.58. The fraction of sp³-hybridized carbons (Fsp3) is 0.111. The third-order valence-corrected chi connectivity index (χ3v) is 10.0. The first-order valence-electron chi connectivity index (χ1n) is 13.6. The molecule has 7 rings (SSSR count). The van der Waals surface area contributed by atoms with E-state index in [1.807, 2.05) is 6.20 Å². The van der Waals surface area contributed by atoms with E-state index in [2.05, 4.69) is 130 Å². The molecule has 0 atom stereocenters. The van der Waals surface area contributed by atoms with E-state index < -0.39 is 8.07 Å². The molecule has 0 radical (unpaired) electrons. The largest absolute Gasteiger partial charge is 0.256 e. The average Bonchev–Trinajstić information content (AvgIpc) is 2.96. The van der Waals surface area contributed by atoms with Gasteiger partial charge in [0, 0.05) is 34.3 Å². The van der Waals surface area contributed by atoms with Gasteiger partial charge < -0.3 is 0 Å². The standard InChI is InChI=1S/C36H30N2Si/c1-23-21-37-35(30-19-11-5-13-24(23)30)33-26-15-7-9-17-28(26)34(29-18-10-8-16-27(29)33)36-31-20-12-6-14-25(31)32(22-38-36)39(2,3)4/h5-22H,1-4H3. The molecule has 0 saturated carbocycles. The number of benzene rings is 5. The molecule has 2 nitrogen and oxygen atoms in total. The van der Waals surface area contributed by atoms with Crippen LogP contribution in [-0.4, -0.2) is 18.0 Å². The smallest absolute Gasteiger partial charge is 0.0804 e. The summed E-state index contributed by atoms with van der Waals surface area (Å²) in [5, 5.41) is 11.2. The summed E-state index contributed by atoms with van der Waals surface area (Å²) in [5.74, 6) is 0. The molecule has 0 saturated heterocycles. The van der Waals surface area contributed by atoms with Crippen molar-refractivity contribution in [2.45, 2.75) is 26.6 Å². The maximum Gasteiger partial charge on any atom is 0.0804 e. The zero-order valence-electron chi connectivity index (χ0n) is 22.8. The van der Waals surface area contributed by atoms with E-state index in [1.54, 1.807) is 0 Å². The lowest BCUT2D eigenvalue weighted by Gasteiger charge is -2.22. The average molecular weight is 519 g/mol. The Kier molecular flexibility index (Phi) is 5.39. The predicted molar refractivity (Wildman–Crippen MR) is 171 cm³/mol. The van der Waals surface area contributed by atoms with Crippen LogP contribution < -0.4 is 5.19 Å². The van der Waals surface area contributed by atoms with Crippen molar-refractivity contribution in [2.75, 3.05) is 0 Å². The van der Waals surface area contributed by atoms with Crippen molar-refractivity contribution in [1.29, 1.82) is 0 Å². The van der Waals surface area contributed by atoms with Crippen LogP contribution in [0.1, 0.15) is 5.56 Å². The van der Waals surface area contributed by atoms with E-state index in [4.69, 9.17) is 9.97 Å². The second-order valence-corrected chi connectivity index (χ2v) is 16.5. The van der Waals surface area contributed by atoms with Crippen molar-refractivity contribution in [3.63, 3.8) is 0 Å². The van der Waals surface area contributed by atoms with Crippen LogP contribution >= 0.6 is 0 Å². The Morgan fingerprint density at radius 3 is 1.26 bits per heavy atom. The number of hydrogen-bond donors (Lipinski definition) is 0. The highest BCUT2D eigenvalue weighted by atomic mass is 28.3. The van der Waals surface area contributed by atoms with Crippen molar-refractivity contribution in [3.8, 4) is 22.5 Å². The summed E-state index contributed by atoms with van der Waals surface area (Å²) in [5.41, 5.74) is 5.65. The van der Waals surface area contributed by atoms with E-state index in [-0.39, 0.29) is 0 Å². The number of pyridine rings is 2. The summed E-state index contributed by atoms with van der Waals surface area (Å²) >= 11 is 0. The van der Waals surface area contributed by atoms with Crippen molar-refractivity contribution in [1.82, 2.24) is 9.97 Å². The van der Waals surface area contributed by atoms with Crippen molar-refractivity contribution >= 4 is 56.4 Å². The van der Waals surface area contributed by atoms with Gasteiger partial charge in [-0.05, 0) is 50.0 Å². The predicted octanol–water partition coefficient (Wildman–Crippen LogP) is 9.28. The fourth-order valence-corrected chi connectivity index (χ4v) is 7.64. The Hall–Kier alpha value is -4.34. The normalized spacial score (nSPS) is 12.1. The van der Waals surface area contributed by atoms with Gasteiger partial charge in [0.1, 0.15) is 0 Å². The van der Waals surface area contributed by atoms with Gasteiger partial charge in [-0.3, -0.25) is 9.97 Å². The molecule has 2 aromatic heterocycles. The Morgan fingerprint density at radius 2 is 0.795 bits per heavy atom. The van der Waals surface area contributed by atoms with Gasteiger partial charge in [-0.2, -0.15) is 0 Å². The van der Waals surface area contributed by atoms with E-state index in [9.17, 15) is 0 Å². The van der Waals surface area contributed by atoms with Crippen LogP contribution in [0.2, 0.25) is 19.6 Å². The van der Waals surface area contributed by atoms with Gasteiger partial charge in [-0.1, -0.05) is 117 Å². The molecule has 0 aliphatic rings. The van der Waals surface area contributed by atoms with E-state index in [0.717, 1.165) is 11.4 Å². The summed E-state index contributed by atoms with van der Waals surface area (Å²) in [6.07, 6.45) is 4.16. The number of rotatable bonds is 3. The van der Waals surface area contributed by atoms with Crippen LogP contribution in [-0.2, 0) is 0 Å². The number of aromatic nitrogens is 2. The molecule has 0 amide bonds. The quantitative estimate of drug-likeness (QED) is 0.172. The summed E-state index contributed by atoms with van der Waals surface area (Å²) in [6.45, 7) is 9.33.